The Morgan fingerprint density at radius 3 is 2.56 bits per heavy atom. The lowest BCUT2D eigenvalue weighted by atomic mass is 10.2. The molecule has 0 spiro atoms. The molecule has 25 heavy (non-hydrogen) atoms. The number of nitrogens with one attached hydrogen (secondary N) is 1. The molecule has 0 atom stereocenters. The minimum Gasteiger partial charge on any atom is -0.370 e. The van der Waals surface area contributed by atoms with Crippen molar-refractivity contribution < 1.29 is 4.39 Å². The normalized spacial score (nSPS) is 15.3. The molecule has 1 aliphatic rings. The largest absolute Gasteiger partial charge is 0.370 e. The Hall–Kier alpha value is -2.83. The molecule has 2 aromatic rings. The summed E-state index contributed by atoms with van der Waals surface area (Å²) in [5.74, 6) is 1.20. The third-order valence-electron chi connectivity index (χ3n) is 4.15. The lowest BCUT2D eigenvalue weighted by Gasteiger charge is -2.36. The van der Waals surface area contributed by atoms with Crippen LogP contribution >= 0.6 is 0 Å². The van der Waals surface area contributed by atoms with Crippen LogP contribution in [-0.4, -0.2) is 55.1 Å². The Morgan fingerprint density at radius 2 is 1.88 bits per heavy atom. The molecular formula is C18H23FN6. The first kappa shape index (κ1) is 17.0. The second kappa shape index (κ2) is 8.32. The Balaban J connectivity index is 1.43. The number of hydrogen-bond donors (Lipinski definition) is 2. The van der Waals surface area contributed by atoms with E-state index in [1.165, 1.54) is 12.1 Å². The molecule has 1 aliphatic heterocycles. The topological polar surface area (TPSA) is 69.8 Å². The van der Waals surface area contributed by atoms with Crippen LogP contribution in [0.5, 0.6) is 0 Å². The molecule has 2 heterocycles. The number of piperazine rings is 1. The monoisotopic (exact) mass is 342 g/mol. The zero-order chi connectivity index (χ0) is 17.5. The molecule has 7 heteroatoms. The minimum absolute atomic E-state index is 0.210. The van der Waals surface area contributed by atoms with Gasteiger partial charge in [-0.2, -0.15) is 0 Å². The Labute approximate surface area is 147 Å². The highest BCUT2D eigenvalue weighted by Crippen LogP contribution is 2.16. The fourth-order valence-electron chi connectivity index (χ4n) is 2.77. The summed E-state index contributed by atoms with van der Waals surface area (Å²) in [5.41, 5.74) is 7.13. The first-order valence-corrected chi connectivity index (χ1v) is 8.43. The fourth-order valence-corrected chi connectivity index (χ4v) is 2.77. The van der Waals surface area contributed by atoms with E-state index in [0.29, 0.717) is 19.0 Å². The van der Waals surface area contributed by atoms with Gasteiger partial charge < -0.3 is 20.9 Å². The van der Waals surface area contributed by atoms with Crippen LogP contribution < -0.4 is 16.0 Å². The summed E-state index contributed by atoms with van der Waals surface area (Å²) in [7, 11) is 0. The van der Waals surface area contributed by atoms with Crippen LogP contribution in [0.25, 0.3) is 0 Å². The highest BCUT2D eigenvalue weighted by atomic mass is 19.1. The minimum atomic E-state index is -0.210. The maximum atomic E-state index is 13.0. The second-order valence-corrected chi connectivity index (χ2v) is 5.83. The van der Waals surface area contributed by atoms with Crippen molar-refractivity contribution in [3.8, 4) is 0 Å². The van der Waals surface area contributed by atoms with Crippen LogP contribution in [-0.2, 0) is 0 Å². The van der Waals surface area contributed by atoms with Gasteiger partial charge in [0.1, 0.15) is 11.6 Å². The molecule has 0 unspecified atom stereocenters. The number of rotatable bonds is 5. The van der Waals surface area contributed by atoms with Crippen LogP contribution in [0.2, 0.25) is 0 Å². The van der Waals surface area contributed by atoms with E-state index in [1.54, 1.807) is 6.20 Å². The molecule has 0 radical (unpaired) electrons. The SMILES string of the molecule is NC(=NCCNc1ccccn1)N1CCN(c2ccc(F)cc2)CC1. The fraction of sp³-hybridized carbons (Fsp3) is 0.333. The lowest BCUT2D eigenvalue weighted by Crippen LogP contribution is -2.51. The molecule has 1 aromatic carbocycles. The van der Waals surface area contributed by atoms with E-state index in [0.717, 1.165) is 37.7 Å². The Bertz CT molecular complexity index is 680. The van der Waals surface area contributed by atoms with Gasteiger partial charge in [-0.25, -0.2) is 9.37 Å². The number of anilines is 2. The standard InChI is InChI=1S/C18H23FN6/c19-15-4-6-16(7-5-15)24-11-13-25(14-12-24)18(20)23-10-9-22-17-3-1-2-8-21-17/h1-8H,9-14H2,(H2,20,23)(H,21,22). The number of nitrogens with zero attached hydrogens (tertiary/aromatic N) is 4. The number of halogens is 1. The molecule has 1 fully saturated rings. The third kappa shape index (κ3) is 4.82. The van der Waals surface area contributed by atoms with Gasteiger partial charge in [-0.3, -0.25) is 4.99 Å². The van der Waals surface area contributed by atoms with Crippen molar-refractivity contribution in [1.29, 1.82) is 0 Å². The molecule has 132 valence electrons. The molecule has 3 N–H and O–H groups in total. The number of benzene rings is 1. The van der Waals surface area contributed by atoms with E-state index in [2.05, 4.69) is 25.1 Å². The van der Waals surface area contributed by atoms with Crippen LogP contribution in [0.15, 0.2) is 53.7 Å². The van der Waals surface area contributed by atoms with Gasteiger partial charge in [0, 0.05) is 44.6 Å². The zero-order valence-electron chi connectivity index (χ0n) is 14.1. The summed E-state index contributed by atoms with van der Waals surface area (Å²) in [5, 5.41) is 3.20. The number of guanidine groups is 1. The number of pyridine rings is 1. The third-order valence-corrected chi connectivity index (χ3v) is 4.15. The van der Waals surface area contributed by atoms with Crippen molar-refractivity contribution >= 4 is 17.5 Å². The van der Waals surface area contributed by atoms with Gasteiger partial charge in [-0.15, -0.1) is 0 Å². The van der Waals surface area contributed by atoms with Gasteiger partial charge >= 0.3 is 0 Å². The van der Waals surface area contributed by atoms with Gasteiger partial charge in [0.15, 0.2) is 5.96 Å². The smallest absolute Gasteiger partial charge is 0.191 e. The van der Waals surface area contributed by atoms with Gasteiger partial charge in [0.25, 0.3) is 0 Å². The number of nitrogens with two attached hydrogens (primary N) is 1. The summed E-state index contributed by atoms with van der Waals surface area (Å²) < 4.78 is 13.0. The molecule has 1 aromatic heterocycles. The molecule has 0 bridgehead atoms. The van der Waals surface area contributed by atoms with E-state index in [-0.39, 0.29) is 5.82 Å². The summed E-state index contributed by atoms with van der Waals surface area (Å²) in [4.78, 5) is 12.9. The van der Waals surface area contributed by atoms with Crippen molar-refractivity contribution in [3.05, 3.63) is 54.5 Å². The van der Waals surface area contributed by atoms with Crippen molar-refractivity contribution in [3.63, 3.8) is 0 Å². The molecule has 0 amide bonds. The molecule has 1 saturated heterocycles. The lowest BCUT2D eigenvalue weighted by molar-refractivity contribution is 0.381. The first-order valence-electron chi connectivity index (χ1n) is 8.43. The van der Waals surface area contributed by atoms with Gasteiger partial charge in [0.05, 0.1) is 6.54 Å². The van der Waals surface area contributed by atoms with Crippen molar-refractivity contribution in [2.24, 2.45) is 10.7 Å². The number of aromatic nitrogens is 1. The predicted molar refractivity (Wildman–Crippen MR) is 99.4 cm³/mol. The second-order valence-electron chi connectivity index (χ2n) is 5.83. The number of aliphatic imine (C=N–C) groups is 1. The Kier molecular flexibility index (Phi) is 5.66. The van der Waals surface area contributed by atoms with Crippen LogP contribution in [0.3, 0.4) is 0 Å². The van der Waals surface area contributed by atoms with E-state index in [4.69, 9.17) is 5.73 Å². The van der Waals surface area contributed by atoms with Gasteiger partial charge in [-0.1, -0.05) is 6.07 Å². The summed E-state index contributed by atoms with van der Waals surface area (Å²) in [6.07, 6.45) is 1.75. The van der Waals surface area contributed by atoms with Crippen LogP contribution in [0.4, 0.5) is 15.9 Å². The van der Waals surface area contributed by atoms with Crippen molar-refractivity contribution in [1.82, 2.24) is 9.88 Å². The molecule has 0 aliphatic carbocycles. The van der Waals surface area contributed by atoms with Crippen LogP contribution in [0, 0.1) is 5.82 Å². The molecule has 3 rings (SSSR count). The van der Waals surface area contributed by atoms with Crippen molar-refractivity contribution in [2.75, 3.05) is 49.5 Å². The predicted octanol–water partition coefficient (Wildman–Crippen LogP) is 1.77. The molecule has 6 nitrogen and oxygen atoms in total. The van der Waals surface area contributed by atoms with Crippen molar-refractivity contribution in [2.45, 2.75) is 0 Å². The van der Waals surface area contributed by atoms with Crippen LogP contribution in [0.1, 0.15) is 0 Å². The average molecular weight is 342 g/mol. The first-order chi connectivity index (χ1) is 12.2. The zero-order valence-corrected chi connectivity index (χ0v) is 14.1. The highest BCUT2D eigenvalue weighted by molar-refractivity contribution is 5.78. The summed E-state index contributed by atoms with van der Waals surface area (Å²) in [6.45, 7) is 4.58. The summed E-state index contributed by atoms with van der Waals surface area (Å²) in [6, 6.07) is 12.3. The van der Waals surface area contributed by atoms with Gasteiger partial charge in [0.2, 0.25) is 0 Å². The quantitative estimate of drug-likeness (QED) is 0.492. The maximum absolute atomic E-state index is 13.0. The highest BCUT2D eigenvalue weighted by Gasteiger charge is 2.18. The molecular weight excluding hydrogens is 319 g/mol. The van der Waals surface area contributed by atoms with Gasteiger partial charge in [-0.05, 0) is 36.4 Å². The summed E-state index contributed by atoms with van der Waals surface area (Å²) >= 11 is 0. The average Bonchev–Trinajstić information content (AvgIpc) is 2.67. The Morgan fingerprint density at radius 1 is 1.12 bits per heavy atom. The number of hydrogen-bond acceptors (Lipinski definition) is 4. The maximum Gasteiger partial charge on any atom is 0.191 e. The molecule has 0 saturated carbocycles. The van der Waals surface area contributed by atoms with E-state index in [9.17, 15) is 4.39 Å². The van der Waals surface area contributed by atoms with E-state index >= 15 is 0 Å². The van der Waals surface area contributed by atoms with E-state index < -0.39 is 0 Å². The van der Waals surface area contributed by atoms with E-state index in [1.807, 2.05) is 30.3 Å².